The number of hydrogen-bond acceptors (Lipinski definition) is 6. The van der Waals surface area contributed by atoms with E-state index in [4.69, 9.17) is 18.6 Å². The summed E-state index contributed by atoms with van der Waals surface area (Å²) in [7, 11) is 1.52. The molecular formula is C25H23NO6. The van der Waals surface area contributed by atoms with Crippen LogP contribution >= 0.6 is 0 Å². The lowest BCUT2D eigenvalue weighted by Crippen LogP contribution is -2.24. The van der Waals surface area contributed by atoms with Gasteiger partial charge in [0.05, 0.1) is 12.8 Å². The minimum absolute atomic E-state index is 0.284. The van der Waals surface area contributed by atoms with Gasteiger partial charge in [0.1, 0.15) is 22.7 Å². The molecule has 4 rings (SSSR count). The number of fused-ring (bicyclic) bond motifs is 3. The van der Waals surface area contributed by atoms with Crippen molar-refractivity contribution in [2.24, 2.45) is 0 Å². The fourth-order valence-electron chi connectivity index (χ4n) is 3.55. The number of ether oxygens (including phenoxy) is 3. The van der Waals surface area contributed by atoms with Gasteiger partial charge in [0, 0.05) is 16.8 Å². The maximum atomic E-state index is 12.4. The summed E-state index contributed by atoms with van der Waals surface area (Å²) in [5, 5.41) is 4.54. The van der Waals surface area contributed by atoms with Crippen LogP contribution in [0.4, 0.5) is 5.69 Å². The lowest BCUT2D eigenvalue weighted by Gasteiger charge is -2.12. The average molecular weight is 433 g/mol. The minimum atomic E-state index is -0.637. The van der Waals surface area contributed by atoms with Crippen LogP contribution in [0.25, 0.3) is 21.9 Å². The molecule has 0 saturated carbocycles. The molecule has 3 aromatic carbocycles. The molecule has 1 N–H and O–H groups in total. The Morgan fingerprint density at radius 3 is 2.41 bits per heavy atom. The van der Waals surface area contributed by atoms with Crippen molar-refractivity contribution in [3.8, 4) is 11.5 Å². The molecule has 0 saturated heterocycles. The molecule has 164 valence electrons. The monoisotopic (exact) mass is 433 g/mol. The van der Waals surface area contributed by atoms with Crippen LogP contribution in [0, 0.1) is 13.8 Å². The topological polar surface area (TPSA) is 87.0 Å². The van der Waals surface area contributed by atoms with Gasteiger partial charge in [0.2, 0.25) is 0 Å². The third-order valence-corrected chi connectivity index (χ3v) is 5.08. The number of methoxy groups -OCH3 is 1. The molecule has 0 unspecified atom stereocenters. The zero-order valence-electron chi connectivity index (χ0n) is 18.1. The first-order chi connectivity index (χ1) is 15.5. The molecule has 0 spiro atoms. The lowest BCUT2D eigenvalue weighted by molar-refractivity contribution is -0.149. The van der Waals surface area contributed by atoms with E-state index in [1.165, 1.54) is 7.11 Å². The predicted molar refractivity (Wildman–Crippen MR) is 121 cm³/mol. The number of esters is 1. The molecule has 0 bridgehead atoms. The van der Waals surface area contributed by atoms with Crippen molar-refractivity contribution in [2.45, 2.75) is 13.8 Å². The Morgan fingerprint density at radius 1 is 0.906 bits per heavy atom. The zero-order chi connectivity index (χ0) is 22.7. The van der Waals surface area contributed by atoms with Crippen molar-refractivity contribution in [1.29, 1.82) is 0 Å². The Balaban J connectivity index is 1.39. The summed E-state index contributed by atoms with van der Waals surface area (Å²) in [5.74, 6) is -0.0263. The van der Waals surface area contributed by atoms with Crippen LogP contribution in [0.15, 0.2) is 59.0 Å². The molecule has 4 aromatic rings. The molecule has 7 nitrogen and oxygen atoms in total. The van der Waals surface area contributed by atoms with E-state index in [-0.39, 0.29) is 6.61 Å². The summed E-state index contributed by atoms with van der Waals surface area (Å²) in [4.78, 5) is 24.4. The van der Waals surface area contributed by atoms with Gasteiger partial charge in [-0.25, -0.2) is 4.79 Å². The van der Waals surface area contributed by atoms with Crippen molar-refractivity contribution in [3.05, 3.63) is 65.7 Å². The molecule has 7 heteroatoms. The maximum absolute atomic E-state index is 12.4. The SMILES string of the molecule is COc1cc2c(cc1NC(=O)COC(=O)COc1c(C)cccc1C)oc1ccccc12. The molecule has 1 amide bonds. The number of anilines is 1. The van der Waals surface area contributed by atoms with Crippen molar-refractivity contribution < 1.29 is 28.2 Å². The average Bonchev–Trinajstić information content (AvgIpc) is 3.14. The Bertz CT molecular complexity index is 1290. The molecule has 0 aliphatic carbocycles. The Morgan fingerprint density at radius 2 is 1.66 bits per heavy atom. The highest BCUT2D eigenvalue weighted by molar-refractivity contribution is 6.07. The van der Waals surface area contributed by atoms with Gasteiger partial charge in [-0.05, 0) is 37.1 Å². The summed E-state index contributed by atoms with van der Waals surface area (Å²) in [5.41, 5.74) is 3.62. The number of benzene rings is 3. The summed E-state index contributed by atoms with van der Waals surface area (Å²) in [6, 6.07) is 16.9. The van der Waals surface area contributed by atoms with Crippen LogP contribution in [0.3, 0.4) is 0 Å². The third kappa shape index (κ3) is 4.37. The van der Waals surface area contributed by atoms with Crippen molar-refractivity contribution in [1.82, 2.24) is 0 Å². The van der Waals surface area contributed by atoms with E-state index in [0.29, 0.717) is 22.8 Å². The van der Waals surface area contributed by atoms with Gasteiger partial charge in [-0.1, -0.05) is 36.4 Å². The number of amides is 1. The van der Waals surface area contributed by atoms with Gasteiger partial charge in [0.15, 0.2) is 13.2 Å². The second-order valence-corrected chi connectivity index (χ2v) is 7.37. The van der Waals surface area contributed by atoms with Crippen LogP contribution in [0.2, 0.25) is 0 Å². The number of para-hydroxylation sites is 2. The number of carbonyl (C=O) groups excluding carboxylic acids is 2. The van der Waals surface area contributed by atoms with E-state index in [1.807, 2.05) is 56.3 Å². The van der Waals surface area contributed by atoms with E-state index >= 15 is 0 Å². The molecule has 0 atom stereocenters. The zero-order valence-corrected chi connectivity index (χ0v) is 18.1. The standard InChI is InChI=1S/C25H23NO6/c1-15-7-6-8-16(2)25(15)31-14-24(28)30-13-23(27)26-19-12-21-18(11-22(19)29-3)17-9-4-5-10-20(17)32-21/h4-12H,13-14H2,1-3H3,(H,26,27). The largest absolute Gasteiger partial charge is 0.495 e. The van der Waals surface area contributed by atoms with Gasteiger partial charge in [-0.15, -0.1) is 0 Å². The molecule has 0 fully saturated rings. The van der Waals surface area contributed by atoms with E-state index in [0.717, 1.165) is 27.5 Å². The van der Waals surface area contributed by atoms with E-state index in [1.54, 1.807) is 12.1 Å². The van der Waals surface area contributed by atoms with Crippen molar-refractivity contribution >= 4 is 39.5 Å². The number of hydrogen-bond donors (Lipinski definition) is 1. The molecule has 0 radical (unpaired) electrons. The molecular weight excluding hydrogens is 410 g/mol. The molecule has 1 heterocycles. The smallest absolute Gasteiger partial charge is 0.344 e. The second-order valence-electron chi connectivity index (χ2n) is 7.37. The van der Waals surface area contributed by atoms with E-state index < -0.39 is 18.5 Å². The van der Waals surface area contributed by atoms with Crippen LogP contribution in [-0.2, 0) is 14.3 Å². The molecule has 0 aliphatic rings. The molecule has 1 aromatic heterocycles. The third-order valence-electron chi connectivity index (χ3n) is 5.08. The summed E-state index contributed by atoms with van der Waals surface area (Å²) >= 11 is 0. The number of carbonyl (C=O) groups is 2. The van der Waals surface area contributed by atoms with E-state index in [2.05, 4.69) is 5.32 Å². The van der Waals surface area contributed by atoms with Gasteiger partial charge in [0.25, 0.3) is 5.91 Å². The van der Waals surface area contributed by atoms with Crippen LogP contribution in [0.5, 0.6) is 11.5 Å². The first kappa shape index (κ1) is 21.2. The lowest BCUT2D eigenvalue weighted by atomic mass is 10.1. The van der Waals surface area contributed by atoms with Crippen LogP contribution in [-0.4, -0.2) is 32.2 Å². The van der Waals surface area contributed by atoms with Crippen molar-refractivity contribution in [3.63, 3.8) is 0 Å². The predicted octanol–water partition coefficient (Wildman–Crippen LogP) is 4.77. The van der Waals surface area contributed by atoms with Gasteiger partial charge in [-0.3, -0.25) is 4.79 Å². The second kappa shape index (κ2) is 9.01. The summed E-state index contributed by atoms with van der Waals surface area (Å²) in [6.45, 7) is 3.06. The van der Waals surface area contributed by atoms with Gasteiger partial charge >= 0.3 is 5.97 Å². The number of furan rings is 1. The van der Waals surface area contributed by atoms with Crippen molar-refractivity contribution in [2.75, 3.05) is 25.6 Å². The number of aryl methyl sites for hydroxylation is 2. The first-order valence-corrected chi connectivity index (χ1v) is 10.1. The highest BCUT2D eigenvalue weighted by atomic mass is 16.6. The Labute approximate surface area is 184 Å². The molecule has 32 heavy (non-hydrogen) atoms. The van der Waals surface area contributed by atoms with Gasteiger partial charge < -0.3 is 23.9 Å². The van der Waals surface area contributed by atoms with Crippen LogP contribution < -0.4 is 14.8 Å². The fraction of sp³-hybridized carbons (Fsp3) is 0.200. The highest BCUT2D eigenvalue weighted by Crippen LogP contribution is 2.36. The van der Waals surface area contributed by atoms with E-state index in [9.17, 15) is 9.59 Å². The Kier molecular flexibility index (Phi) is 5.98. The first-order valence-electron chi connectivity index (χ1n) is 10.1. The summed E-state index contributed by atoms with van der Waals surface area (Å²) in [6.07, 6.45) is 0. The Hall–Kier alpha value is -4.00. The normalized spacial score (nSPS) is 10.8. The maximum Gasteiger partial charge on any atom is 0.344 e. The molecule has 0 aliphatic heterocycles. The minimum Gasteiger partial charge on any atom is -0.495 e. The van der Waals surface area contributed by atoms with Gasteiger partial charge in [-0.2, -0.15) is 0 Å². The highest BCUT2D eigenvalue weighted by Gasteiger charge is 2.15. The summed E-state index contributed by atoms with van der Waals surface area (Å²) < 4.78 is 21.9. The fourth-order valence-corrected chi connectivity index (χ4v) is 3.55. The number of nitrogens with one attached hydrogen (secondary N) is 1. The van der Waals surface area contributed by atoms with Crippen LogP contribution in [0.1, 0.15) is 11.1 Å². The number of rotatable bonds is 7. The quantitative estimate of drug-likeness (QED) is 0.423.